The van der Waals surface area contributed by atoms with Crippen LogP contribution in [0.15, 0.2) is 24.5 Å². The summed E-state index contributed by atoms with van der Waals surface area (Å²) >= 11 is 6.18. The highest BCUT2D eigenvalue weighted by molar-refractivity contribution is 6.31. The SMILES string of the molecule is Cc1c(Cl)cccc1C(=O)N1CCc2ncnc(C3CC3)c2CC1. The van der Waals surface area contributed by atoms with Crippen LogP contribution >= 0.6 is 11.6 Å². The molecule has 0 spiro atoms. The zero-order valence-electron chi connectivity index (χ0n) is 13.8. The highest BCUT2D eigenvalue weighted by Gasteiger charge is 2.31. The van der Waals surface area contributed by atoms with Crippen LogP contribution < -0.4 is 0 Å². The van der Waals surface area contributed by atoms with Crippen molar-refractivity contribution in [2.45, 2.75) is 38.5 Å². The molecule has 2 aliphatic rings. The van der Waals surface area contributed by atoms with Crippen molar-refractivity contribution in [1.82, 2.24) is 14.9 Å². The third-order valence-electron chi connectivity index (χ3n) is 5.07. The summed E-state index contributed by atoms with van der Waals surface area (Å²) in [7, 11) is 0. The molecule has 0 bridgehead atoms. The fraction of sp³-hybridized carbons (Fsp3) is 0.421. The summed E-state index contributed by atoms with van der Waals surface area (Å²) in [5.74, 6) is 0.669. The second-order valence-corrected chi connectivity index (χ2v) is 7.07. The van der Waals surface area contributed by atoms with Crippen LogP contribution in [0.4, 0.5) is 0 Å². The first kappa shape index (κ1) is 15.6. The summed E-state index contributed by atoms with van der Waals surface area (Å²) in [5.41, 5.74) is 5.16. The van der Waals surface area contributed by atoms with Gasteiger partial charge in [0.1, 0.15) is 6.33 Å². The first-order chi connectivity index (χ1) is 11.6. The second-order valence-electron chi connectivity index (χ2n) is 6.66. The Hall–Kier alpha value is -1.94. The van der Waals surface area contributed by atoms with Gasteiger partial charge in [0.05, 0.1) is 5.69 Å². The van der Waals surface area contributed by atoms with E-state index in [2.05, 4.69) is 9.97 Å². The highest BCUT2D eigenvalue weighted by Crippen LogP contribution is 2.41. The van der Waals surface area contributed by atoms with E-state index in [0.717, 1.165) is 24.1 Å². The summed E-state index contributed by atoms with van der Waals surface area (Å²) < 4.78 is 0. The Morgan fingerprint density at radius 2 is 2.00 bits per heavy atom. The number of aromatic nitrogens is 2. The molecule has 24 heavy (non-hydrogen) atoms. The zero-order chi connectivity index (χ0) is 16.7. The number of carbonyl (C=O) groups is 1. The topological polar surface area (TPSA) is 46.1 Å². The van der Waals surface area contributed by atoms with Crippen molar-refractivity contribution >= 4 is 17.5 Å². The molecule has 0 saturated heterocycles. The molecule has 2 heterocycles. The standard InChI is InChI=1S/C19H20ClN3O/c1-12-14(3-2-4-16(12)20)19(24)23-9-7-15-17(8-10-23)21-11-22-18(15)13-5-6-13/h2-4,11,13H,5-10H2,1H3. The lowest BCUT2D eigenvalue weighted by Gasteiger charge is -2.21. The van der Waals surface area contributed by atoms with Crippen molar-refractivity contribution in [1.29, 1.82) is 0 Å². The van der Waals surface area contributed by atoms with Crippen LogP contribution in [0.1, 0.15) is 51.6 Å². The molecule has 5 heteroatoms. The Bertz CT molecular complexity index is 801. The fourth-order valence-electron chi connectivity index (χ4n) is 3.47. The van der Waals surface area contributed by atoms with Crippen LogP contribution in [0.5, 0.6) is 0 Å². The van der Waals surface area contributed by atoms with Gasteiger partial charge in [-0.05, 0) is 49.4 Å². The van der Waals surface area contributed by atoms with Crippen LogP contribution in [-0.2, 0) is 12.8 Å². The van der Waals surface area contributed by atoms with Crippen molar-refractivity contribution in [3.63, 3.8) is 0 Å². The predicted octanol–water partition coefficient (Wildman–Crippen LogP) is 3.56. The molecule has 1 aliphatic heterocycles. The summed E-state index contributed by atoms with van der Waals surface area (Å²) in [6.07, 6.45) is 5.78. The molecule has 0 radical (unpaired) electrons. The van der Waals surface area contributed by atoms with Crippen LogP contribution in [-0.4, -0.2) is 33.9 Å². The average molecular weight is 342 g/mol. The van der Waals surface area contributed by atoms with E-state index in [1.807, 2.05) is 30.0 Å². The van der Waals surface area contributed by atoms with Gasteiger partial charge in [0, 0.05) is 41.7 Å². The van der Waals surface area contributed by atoms with Gasteiger partial charge in [0.15, 0.2) is 0 Å². The van der Waals surface area contributed by atoms with E-state index in [1.54, 1.807) is 6.33 Å². The van der Waals surface area contributed by atoms with Crippen molar-refractivity contribution in [2.75, 3.05) is 13.1 Å². The third kappa shape index (κ3) is 2.80. The summed E-state index contributed by atoms with van der Waals surface area (Å²) in [5, 5.41) is 0.640. The first-order valence-electron chi connectivity index (χ1n) is 8.52. The summed E-state index contributed by atoms with van der Waals surface area (Å²) in [6, 6.07) is 5.52. The second kappa shape index (κ2) is 6.17. The number of halogens is 1. The van der Waals surface area contributed by atoms with Gasteiger partial charge in [-0.2, -0.15) is 0 Å². The van der Waals surface area contributed by atoms with E-state index in [9.17, 15) is 4.79 Å². The predicted molar refractivity (Wildman–Crippen MR) is 93.5 cm³/mol. The molecular formula is C19H20ClN3O. The molecule has 1 aromatic carbocycles. The van der Waals surface area contributed by atoms with Gasteiger partial charge < -0.3 is 4.90 Å². The quantitative estimate of drug-likeness (QED) is 0.839. The van der Waals surface area contributed by atoms with Crippen LogP contribution in [0.3, 0.4) is 0 Å². The summed E-state index contributed by atoms with van der Waals surface area (Å²) in [4.78, 5) is 23.9. The molecule has 1 saturated carbocycles. The lowest BCUT2D eigenvalue weighted by Crippen LogP contribution is -2.33. The fourth-order valence-corrected chi connectivity index (χ4v) is 3.65. The van der Waals surface area contributed by atoms with Crippen LogP contribution in [0, 0.1) is 6.92 Å². The molecule has 0 unspecified atom stereocenters. The van der Waals surface area contributed by atoms with E-state index in [1.165, 1.54) is 24.1 Å². The molecule has 0 N–H and O–H groups in total. The Labute approximate surface area is 146 Å². The van der Waals surface area contributed by atoms with Gasteiger partial charge in [-0.25, -0.2) is 9.97 Å². The van der Waals surface area contributed by atoms with E-state index in [4.69, 9.17) is 11.6 Å². The Kier molecular flexibility index (Phi) is 4.01. The lowest BCUT2D eigenvalue weighted by molar-refractivity contribution is 0.0762. The normalized spacial score (nSPS) is 17.3. The van der Waals surface area contributed by atoms with Gasteiger partial charge in [0.25, 0.3) is 5.91 Å². The van der Waals surface area contributed by atoms with Gasteiger partial charge in [-0.15, -0.1) is 0 Å². The maximum absolute atomic E-state index is 12.9. The Balaban J connectivity index is 1.58. The average Bonchev–Trinajstić information content (AvgIpc) is 3.42. The largest absolute Gasteiger partial charge is 0.338 e. The maximum atomic E-state index is 12.9. The monoisotopic (exact) mass is 341 g/mol. The minimum absolute atomic E-state index is 0.0590. The van der Waals surface area contributed by atoms with Crippen molar-refractivity contribution in [2.24, 2.45) is 0 Å². The number of nitrogens with zero attached hydrogens (tertiary/aromatic N) is 3. The van der Waals surface area contributed by atoms with Crippen LogP contribution in [0.2, 0.25) is 5.02 Å². The molecule has 1 aliphatic carbocycles. The Morgan fingerprint density at radius 1 is 1.21 bits per heavy atom. The zero-order valence-corrected chi connectivity index (χ0v) is 14.5. The number of benzene rings is 1. The molecule has 1 aromatic heterocycles. The molecule has 1 amide bonds. The smallest absolute Gasteiger partial charge is 0.254 e. The molecule has 0 atom stereocenters. The molecule has 2 aromatic rings. The number of fused-ring (bicyclic) bond motifs is 1. The lowest BCUT2D eigenvalue weighted by atomic mass is 10.0. The van der Waals surface area contributed by atoms with Crippen molar-refractivity contribution in [3.8, 4) is 0 Å². The van der Waals surface area contributed by atoms with Crippen LogP contribution in [0.25, 0.3) is 0 Å². The highest BCUT2D eigenvalue weighted by atomic mass is 35.5. The maximum Gasteiger partial charge on any atom is 0.254 e. The number of amides is 1. The van der Waals surface area contributed by atoms with E-state index < -0.39 is 0 Å². The molecule has 1 fully saturated rings. The molecule has 4 rings (SSSR count). The van der Waals surface area contributed by atoms with Gasteiger partial charge in [0.2, 0.25) is 0 Å². The number of hydrogen-bond acceptors (Lipinski definition) is 3. The van der Waals surface area contributed by atoms with Gasteiger partial charge in [-0.3, -0.25) is 4.79 Å². The summed E-state index contributed by atoms with van der Waals surface area (Å²) in [6.45, 7) is 3.31. The third-order valence-corrected chi connectivity index (χ3v) is 5.48. The Morgan fingerprint density at radius 3 is 2.79 bits per heavy atom. The molecule has 4 nitrogen and oxygen atoms in total. The van der Waals surface area contributed by atoms with Crippen molar-refractivity contribution in [3.05, 3.63) is 57.6 Å². The van der Waals surface area contributed by atoms with Gasteiger partial charge >= 0.3 is 0 Å². The minimum atomic E-state index is 0.0590. The first-order valence-corrected chi connectivity index (χ1v) is 8.90. The number of hydrogen-bond donors (Lipinski definition) is 0. The van der Waals surface area contributed by atoms with Gasteiger partial charge in [-0.1, -0.05) is 17.7 Å². The van der Waals surface area contributed by atoms with Crippen molar-refractivity contribution < 1.29 is 4.79 Å². The number of rotatable bonds is 2. The van der Waals surface area contributed by atoms with E-state index >= 15 is 0 Å². The minimum Gasteiger partial charge on any atom is -0.338 e. The number of carbonyl (C=O) groups excluding carboxylic acids is 1. The molecule has 124 valence electrons. The molecular weight excluding hydrogens is 322 g/mol. The van der Waals surface area contributed by atoms with E-state index in [-0.39, 0.29) is 5.91 Å². The van der Waals surface area contributed by atoms with E-state index in [0.29, 0.717) is 29.6 Å².